The Morgan fingerprint density at radius 3 is 2.56 bits per heavy atom. The van der Waals surface area contributed by atoms with Crippen LogP contribution in [0.25, 0.3) is 0 Å². The number of hydrogen-bond acceptors (Lipinski definition) is 3. The van der Waals surface area contributed by atoms with Gasteiger partial charge in [-0.1, -0.05) is 20.8 Å². The van der Waals surface area contributed by atoms with Crippen molar-refractivity contribution in [1.29, 1.82) is 0 Å². The predicted octanol–water partition coefficient (Wildman–Crippen LogP) is 3.53. The summed E-state index contributed by atoms with van der Waals surface area (Å²) in [7, 11) is -1.82. The van der Waals surface area contributed by atoms with Crippen LogP contribution in [0.1, 0.15) is 26.3 Å². The summed E-state index contributed by atoms with van der Waals surface area (Å²) in [5, 5.41) is 0.165. The highest BCUT2D eigenvalue weighted by molar-refractivity contribution is 6.74. The summed E-state index contributed by atoms with van der Waals surface area (Å²) in [4.78, 5) is 11.2. The SMILES string of the molecule is CC(C)(C)[Si](C)(C)Oc1ccc2c(c1)CC(=O)O2. The van der Waals surface area contributed by atoms with Gasteiger partial charge in [-0.3, -0.25) is 4.79 Å². The third kappa shape index (κ3) is 2.43. The van der Waals surface area contributed by atoms with Crippen LogP contribution in [0, 0.1) is 0 Å². The van der Waals surface area contributed by atoms with Crippen molar-refractivity contribution in [3.05, 3.63) is 23.8 Å². The Morgan fingerprint density at radius 2 is 1.94 bits per heavy atom. The van der Waals surface area contributed by atoms with Gasteiger partial charge in [0.2, 0.25) is 8.32 Å². The Balaban J connectivity index is 2.22. The monoisotopic (exact) mass is 264 g/mol. The molecule has 0 unspecified atom stereocenters. The number of carbonyl (C=O) groups excluding carboxylic acids is 1. The van der Waals surface area contributed by atoms with Crippen molar-refractivity contribution in [2.75, 3.05) is 0 Å². The van der Waals surface area contributed by atoms with Crippen LogP contribution in [0.3, 0.4) is 0 Å². The second-order valence-electron chi connectivity index (χ2n) is 6.28. The summed E-state index contributed by atoms with van der Waals surface area (Å²) < 4.78 is 11.3. The molecule has 0 aromatic heterocycles. The molecule has 0 bridgehead atoms. The summed E-state index contributed by atoms with van der Waals surface area (Å²) in [5.41, 5.74) is 0.927. The largest absolute Gasteiger partial charge is 0.543 e. The lowest BCUT2D eigenvalue weighted by atomic mass is 10.1. The van der Waals surface area contributed by atoms with Crippen molar-refractivity contribution in [3.8, 4) is 11.5 Å². The van der Waals surface area contributed by atoms with Gasteiger partial charge in [0.05, 0.1) is 6.42 Å². The van der Waals surface area contributed by atoms with E-state index in [-0.39, 0.29) is 11.0 Å². The highest BCUT2D eigenvalue weighted by Gasteiger charge is 2.39. The standard InChI is InChI=1S/C14H20O3Si/c1-14(2,3)18(4,5)17-11-6-7-12-10(8-11)9-13(15)16-12/h6-8H,9H2,1-5H3. The molecule has 0 aliphatic carbocycles. The van der Waals surface area contributed by atoms with E-state index in [1.54, 1.807) is 0 Å². The topological polar surface area (TPSA) is 35.5 Å². The van der Waals surface area contributed by atoms with Gasteiger partial charge in [0.25, 0.3) is 0 Å². The number of ether oxygens (including phenoxy) is 1. The van der Waals surface area contributed by atoms with Crippen LogP contribution in [-0.2, 0) is 11.2 Å². The van der Waals surface area contributed by atoms with Crippen molar-refractivity contribution in [2.24, 2.45) is 0 Å². The zero-order valence-electron chi connectivity index (χ0n) is 11.7. The van der Waals surface area contributed by atoms with Gasteiger partial charge >= 0.3 is 5.97 Å². The Morgan fingerprint density at radius 1 is 1.28 bits per heavy atom. The molecule has 1 aromatic rings. The normalized spacial score (nSPS) is 15.3. The number of hydrogen-bond donors (Lipinski definition) is 0. The van der Waals surface area contributed by atoms with E-state index in [2.05, 4.69) is 33.9 Å². The molecule has 0 radical (unpaired) electrons. The van der Waals surface area contributed by atoms with E-state index in [0.717, 1.165) is 11.3 Å². The summed E-state index contributed by atoms with van der Waals surface area (Å²) in [6.45, 7) is 11.0. The molecule has 2 rings (SSSR count). The fourth-order valence-corrected chi connectivity index (χ4v) is 2.64. The van der Waals surface area contributed by atoms with Gasteiger partial charge in [-0.25, -0.2) is 0 Å². The van der Waals surface area contributed by atoms with Crippen LogP contribution in [0.5, 0.6) is 11.5 Å². The van der Waals surface area contributed by atoms with Gasteiger partial charge < -0.3 is 9.16 Å². The molecule has 1 heterocycles. The van der Waals surface area contributed by atoms with E-state index >= 15 is 0 Å². The van der Waals surface area contributed by atoms with Crippen molar-refractivity contribution in [2.45, 2.75) is 45.3 Å². The van der Waals surface area contributed by atoms with E-state index in [4.69, 9.17) is 9.16 Å². The Hall–Kier alpha value is -1.29. The first-order chi connectivity index (χ1) is 8.19. The molecule has 0 saturated carbocycles. The van der Waals surface area contributed by atoms with Gasteiger partial charge in [0.1, 0.15) is 11.5 Å². The Labute approximate surface area is 109 Å². The Kier molecular flexibility index (Phi) is 3.01. The number of esters is 1. The zero-order chi connectivity index (χ0) is 13.6. The van der Waals surface area contributed by atoms with Crippen LogP contribution in [0.2, 0.25) is 18.1 Å². The van der Waals surface area contributed by atoms with Crippen molar-refractivity contribution in [1.82, 2.24) is 0 Å². The number of carbonyl (C=O) groups is 1. The van der Waals surface area contributed by atoms with Crippen molar-refractivity contribution >= 4 is 14.3 Å². The van der Waals surface area contributed by atoms with Crippen LogP contribution in [-0.4, -0.2) is 14.3 Å². The second kappa shape index (κ2) is 4.12. The van der Waals surface area contributed by atoms with E-state index in [1.807, 2.05) is 18.2 Å². The molecule has 1 aliphatic heterocycles. The molecule has 3 nitrogen and oxygen atoms in total. The average Bonchev–Trinajstić information content (AvgIpc) is 2.54. The second-order valence-corrected chi connectivity index (χ2v) is 11.0. The minimum atomic E-state index is -1.82. The van der Waals surface area contributed by atoms with Crippen LogP contribution in [0.4, 0.5) is 0 Å². The fourth-order valence-electron chi connectivity index (χ4n) is 1.62. The smallest absolute Gasteiger partial charge is 0.315 e. The first kappa shape index (κ1) is 13.1. The maximum Gasteiger partial charge on any atom is 0.315 e. The van der Waals surface area contributed by atoms with Gasteiger partial charge in [-0.15, -0.1) is 0 Å². The predicted molar refractivity (Wildman–Crippen MR) is 73.6 cm³/mol. The minimum Gasteiger partial charge on any atom is -0.543 e. The lowest BCUT2D eigenvalue weighted by Crippen LogP contribution is -2.43. The molecule has 0 fully saturated rings. The maximum absolute atomic E-state index is 11.2. The molecule has 98 valence electrons. The first-order valence-electron chi connectivity index (χ1n) is 6.22. The summed E-state index contributed by atoms with van der Waals surface area (Å²) in [6.07, 6.45) is 0.351. The molecule has 0 amide bonds. The quantitative estimate of drug-likeness (QED) is 0.465. The van der Waals surface area contributed by atoms with Gasteiger partial charge in [-0.05, 0) is 36.3 Å². The highest BCUT2D eigenvalue weighted by Crippen LogP contribution is 2.38. The van der Waals surface area contributed by atoms with Crippen molar-refractivity contribution in [3.63, 3.8) is 0 Å². The van der Waals surface area contributed by atoms with E-state index in [1.165, 1.54) is 0 Å². The average molecular weight is 264 g/mol. The summed E-state index contributed by atoms with van der Waals surface area (Å²) >= 11 is 0. The van der Waals surface area contributed by atoms with Crippen molar-refractivity contribution < 1.29 is 14.0 Å². The minimum absolute atomic E-state index is 0.165. The fraction of sp³-hybridized carbons (Fsp3) is 0.500. The van der Waals surface area contributed by atoms with Crippen LogP contribution >= 0.6 is 0 Å². The molecule has 0 spiro atoms. The maximum atomic E-state index is 11.2. The summed E-state index contributed by atoms with van der Waals surface area (Å²) in [5.74, 6) is 1.33. The first-order valence-corrected chi connectivity index (χ1v) is 9.12. The summed E-state index contributed by atoms with van der Waals surface area (Å²) in [6, 6.07) is 5.64. The lowest BCUT2D eigenvalue weighted by Gasteiger charge is -2.36. The number of benzene rings is 1. The van der Waals surface area contributed by atoms with E-state index in [9.17, 15) is 4.79 Å². The van der Waals surface area contributed by atoms with Gasteiger partial charge in [0, 0.05) is 5.56 Å². The molecule has 0 saturated heterocycles. The van der Waals surface area contributed by atoms with E-state index in [0.29, 0.717) is 12.2 Å². The molecule has 0 N–H and O–H groups in total. The van der Waals surface area contributed by atoms with Gasteiger partial charge in [0.15, 0.2) is 0 Å². The molecular weight excluding hydrogens is 244 g/mol. The zero-order valence-corrected chi connectivity index (χ0v) is 12.7. The highest BCUT2D eigenvalue weighted by atomic mass is 28.4. The molecule has 1 aromatic carbocycles. The molecule has 1 aliphatic rings. The number of fused-ring (bicyclic) bond motifs is 1. The van der Waals surface area contributed by atoms with E-state index < -0.39 is 8.32 Å². The molecule has 0 atom stereocenters. The Bertz CT molecular complexity index is 486. The molecular formula is C14H20O3Si. The van der Waals surface area contributed by atoms with Gasteiger partial charge in [-0.2, -0.15) is 0 Å². The molecule has 18 heavy (non-hydrogen) atoms. The third-order valence-corrected chi connectivity index (χ3v) is 8.13. The van der Waals surface area contributed by atoms with Crippen LogP contribution in [0.15, 0.2) is 18.2 Å². The molecule has 4 heteroatoms. The lowest BCUT2D eigenvalue weighted by molar-refractivity contribution is -0.131. The third-order valence-electron chi connectivity index (χ3n) is 3.77. The number of rotatable bonds is 2. The van der Waals surface area contributed by atoms with Crippen LogP contribution < -0.4 is 9.16 Å².